The van der Waals surface area contributed by atoms with Crippen LogP contribution in [0, 0.1) is 17.1 Å². The summed E-state index contributed by atoms with van der Waals surface area (Å²) in [5, 5.41) is 14.7. The number of halogens is 1. The van der Waals surface area contributed by atoms with Gasteiger partial charge in [0, 0.05) is 49.2 Å². The lowest BCUT2D eigenvalue weighted by molar-refractivity contribution is 0.126. The summed E-state index contributed by atoms with van der Waals surface area (Å²) in [6.45, 7) is 1.57. The SMILES string of the molecule is N#Cc1cc(-c2cc(NC3CCN(S(=O)(=O)CC4CCCO4)CC3)c3cnccc3c2)ccc1F. The fraction of sp³-hybridized carbons (Fsp3) is 0.385. The second-order valence-electron chi connectivity index (χ2n) is 9.16. The van der Waals surface area contributed by atoms with Crippen LogP contribution in [0.3, 0.4) is 0 Å². The number of aromatic nitrogens is 1. The zero-order valence-corrected chi connectivity index (χ0v) is 20.1. The Hall–Kier alpha value is -3.06. The fourth-order valence-corrected chi connectivity index (χ4v) is 6.60. The van der Waals surface area contributed by atoms with Crippen LogP contribution in [0.5, 0.6) is 0 Å². The molecule has 0 spiro atoms. The molecular weight excluding hydrogens is 467 g/mol. The standard InChI is InChI=1S/C26H27FN4O3S/c27-25-4-3-18(12-21(25)15-28)20-13-19-5-8-29-16-24(19)26(14-20)30-22-6-9-31(10-7-22)35(32,33)17-23-2-1-11-34-23/h3-5,8,12-14,16,22-23,30H,1-2,6-7,9-11,17H2. The van der Waals surface area contributed by atoms with Gasteiger partial charge in [0.1, 0.15) is 11.9 Å². The second kappa shape index (κ2) is 9.90. The van der Waals surface area contributed by atoms with E-state index < -0.39 is 15.8 Å². The Morgan fingerprint density at radius 1 is 1.14 bits per heavy atom. The molecule has 0 saturated carbocycles. The molecule has 0 amide bonds. The number of pyridine rings is 1. The van der Waals surface area contributed by atoms with Crippen LogP contribution >= 0.6 is 0 Å². The van der Waals surface area contributed by atoms with E-state index in [1.807, 2.05) is 24.3 Å². The van der Waals surface area contributed by atoms with Crippen LogP contribution in [0.25, 0.3) is 21.9 Å². The minimum atomic E-state index is -3.34. The van der Waals surface area contributed by atoms with Gasteiger partial charge in [-0.25, -0.2) is 17.1 Å². The van der Waals surface area contributed by atoms with Crippen LogP contribution in [0.1, 0.15) is 31.2 Å². The topological polar surface area (TPSA) is 95.3 Å². The highest BCUT2D eigenvalue weighted by Crippen LogP contribution is 2.33. The molecule has 3 heterocycles. The number of rotatable bonds is 6. The van der Waals surface area contributed by atoms with E-state index in [0.717, 1.165) is 40.4 Å². The second-order valence-corrected chi connectivity index (χ2v) is 11.2. The minimum absolute atomic E-state index is 0.00317. The summed E-state index contributed by atoms with van der Waals surface area (Å²) >= 11 is 0. The van der Waals surface area contributed by atoms with Crippen molar-refractivity contribution in [3.63, 3.8) is 0 Å². The molecule has 35 heavy (non-hydrogen) atoms. The van der Waals surface area contributed by atoms with Crippen LogP contribution in [-0.4, -0.2) is 55.3 Å². The number of nitrogens with one attached hydrogen (secondary N) is 1. The van der Waals surface area contributed by atoms with Gasteiger partial charge in [0.05, 0.1) is 17.4 Å². The fourth-order valence-electron chi connectivity index (χ4n) is 4.89. The van der Waals surface area contributed by atoms with Gasteiger partial charge < -0.3 is 10.1 Å². The van der Waals surface area contributed by atoms with Crippen molar-refractivity contribution in [3.8, 4) is 17.2 Å². The highest BCUT2D eigenvalue weighted by molar-refractivity contribution is 7.89. The van der Waals surface area contributed by atoms with E-state index in [-0.39, 0.29) is 23.5 Å². The van der Waals surface area contributed by atoms with Crippen molar-refractivity contribution in [2.24, 2.45) is 0 Å². The summed E-state index contributed by atoms with van der Waals surface area (Å²) in [7, 11) is -3.34. The van der Waals surface area contributed by atoms with E-state index in [0.29, 0.717) is 32.5 Å². The summed E-state index contributed by atoms with van der Waals surface area (Å²) < 4.78 is 46.6. The molecule has 2 aromatic carbocycles. The van der Waals surface area contributed by atoms with Crippen LogP contribution < -0.4 is 5.32 Å². The van der Waals surface area contributed by atoms with Crippen LogP contribution in [-0.2, 0) is 14.8 Å². The summed E-state index contributed by atoms with van der Waals surface area (Å²) in [4.78, 5) is 4.27. The van der Waals surface area contributed by atoms with Crippen molar-refractivity contribution in [3.05, 3.63) is 60.2 Å². The number of piperidine rings is 1. The molecule has 2 saturated heterocycles. The van der Waals surface area contributed by atoms with Gasteiger partial charge in [-0.3, -0.25) is 4.98 Å². The quantitative estimate of drug-likeness (QED) is 0.549. The molecule has 9 heteroatoms. The summed E-state index contributed by atoms with van der Waals surface area (Å²) in [6.07, 6.45) is 6.43. The smallest absolute Gasteiger partial charge is 0.216 e. The Morgan fingerprint density at radius 2 is 1.97 bits per heavy atom. The van der Waals surface area contributed by atoms with E-state index >= 15 is 0 Å². The van der Waals surface area contributed by atoms with Crippen LogP contribution in [0.15, 0.2) is 48.8 Å². The number of benzene rings is 2. The molecule has 1 N–H and O–H groups in total. The molecular formula is C26H27FN4O3S. The largest absolute Gasteiger partial charge is 0.382 e. The minimum Gasteiger partial charge on any atom is -0.382 e. The lowest BCUT2D eigenvalue weighted by atomic mass is 9.98. The Kier molecular flexibility index (Phi) is 6.69. The van der Waals surface area contributed by atoms with Gasteiger partial charge in [-0.2, -0.15) is 5.26 Å². The Balaban J connectivity index is 1.34. The molecule has 5 rings (SSSR count). The van der Waals surface area contributed by atoms with Crippen molar-refractivity contribution >= 4 is 26.5 Å². The molecule has 1 unspecified atom stereocenters. The average Bonchev–Trinajstić information content (AvgIpc) is 3.37. The first-order valence-electron chi connectivity index (χ1n) is 11.9. The first kappa shape index (κ1) is 23.7. The lowest BCUT2D eigenvalue weighted by Gasteiger charge is -2.33. The number of hydrogen-bond acceptors (Lipinski definition) is 6. The first-order valence-corrected chi connectivity index (χ1v) is 13.5. The molecule has 182 valence electrons. The first-order chi connectivity index (χ1) is 16.9. The molecule has 2 aliphatic rings. The molecule has 1 atom stereocenters. The maximum absolute atomic E-state index is 13.9. The molecule has 2 aliphatic heterocycles. The molecule has 0 bridgehead atoms. The van der Waals surface area contributed by atoms with E-state index in [9.17, 15) is 18.1 Å². The van der Waals surface area contributed by atoms with Gasteiger partial charge >= 0.3 is 0 Å². The van der Waals surface area contributed by atoms with Gasteiger partial charge in [0.15, 0.2) is 0 Å². The lowest BCUT2D eigenvalue weighted by Crippen LogP contribution is -2.44. The molecule has 2 fully saturated rings. The molecule has 0 aliphatic carbocycles. The third kappa shape index (κ3) is 5.15. The number of fused-ring (bicyclic) bond motifs is 1. The van der Waals surface area contributed by atoms with E-state index in [4.69, 9.17) is 4.74 Å². The predicted octanol–water partition coefficient (Wildman–Crippen LogP) is 4.30. The third-order valence-electron chi connectivity index (χ3n) is 6.80. The van der Waals surface area contributed by atoms with Gasteiger partial charge in [-0.05, 0) is 72.5 Å². The van der Waals surface area contributed by atoms with Crippen molar-refractivity contribution < 1.29 is 17.5 Å². The summed E-state index contributed by atoms with van der Waals surface area (Å²) in [5.41, 5.74) is 2.50. The van der Waals surface area contributed by atoms with Crippen LogP contribution in [0.2, 0.25) is 0 Å². The third-order valence-corrected chi connectivity index (χ3v) is 8.75. The normalized spacial score (nSPS) is 19.6. The van der Waals surface area contributed by atoms with Crippen molar-refractivity contribution in [1.29, 1.82) is 5.26 Å². The maximum atomic E-state index is 13.9. The van der Waals surface area contributed by atoms with Crippen molar-refractivity contribution in [2.75, 3.05) is 30.8 Å². The Bertz CT molecular complexity index is 1380. The molecule has 3 aromatic rings. The van der Waals surface area contributed by atoms with Gasteiger partial charge in [0.2, 0.25) is 10.0 Å². The monoisotopic (exact) mass is 494 g/mol. The number of anilines is 1. The Morgan fingerprint density at radius 3 is 2.71 bits per heavy atom. The van der Waals surface area contributed by atoms with Crippen molar-refractivity contribution in [1.82, 2.24) is 9.29 Å². The van der Waals surface area contributed by atoms with E-state index in [1.54, 1.807) is 28.8 Å². The summed E-state index contributed by atoms with van der Waals surface area (Å²) in [6, 6.07) is 12.4. The Labute approximate surface area is 204 Å². The molecule has 0 radical (unpaired) electrons. The number of nitriles is 1. The zero-order valence-electron chi connectivity index (χ0n) is 19.3. The average molecular weight is 495 g/mol. The van der Waals surface area contributed by atoms with Gasteiger partial charge in [0.25, 0.3) is 0 Å². The van der Waals surface area contributed by atoms with Crippen molar-refractivity contribution in [2.45, 2.75) is 37.8 Å². The number of ether oxygens (including phenoxy) is 1. The van der Waals surface area contributed by atoms with Crippen LogP contribution in [0.4, 0.5) is 10.1 Å². The predicted molar refractivity (Wildman–Crippen MR) is 133 cm³/mol. The van der Waals surface area contributed by atoms with Gasteiger partial charge in [-0.1, -0.05) is 6.07 Å². The van der Waals surface area contributed by atoms with Gasteiger partial charge in [-0.15, -0.1) is 0 Å². The van der Waals surface area contributed by atoms with E-state index in [1.165, 1.54) is 6.07 Å². The number of hydrogen-bond donors (Lipinski definition) is 1. The van der Waals surface area contributed by atoms with E-state index in [2.05, 4.69) is 10.3 Å². The summed E-state index contributed by atoms with van der Waals surface area (Å²) in [5.74, 6) is -0.480. The number of nitrogens with zero attached hydrogens (tertiary/aromatic N) is 3. The highest BCUT2D eigenvalue weighted by Gasteiger charge is 2.31. The highest BCUT2D eigenvalue weighted by atomic mass is 32.2. The number of sulfonamides is 1. The molecule has 7 nitrogen and oxygen atoms in total. The molecule has 1 aromatic heterocycles. The maximum Gasteiger partial charge on any atom is 0.216 e. The zero-order chi connectivity index (χ0) is 24.4.